The average molecular weight is 389 g/mol. The number of carbonyl (C=O) groups excluding carboxylic acids is 1. The number of imidazole rings is 1. The lowest BCUT2D eigenvalue weighted by Crippen LogP contribution is -2.28. The fourth-order valence-corrected chi connectivity index (χ4v) is 3.65. The van der Waals surface area contributed by atoms with Crippen molar-refractivity contribution in [2.24, 2.45) is 0 Å². The first-order valence-electron chi connectivity index (χ1n) is 8.03. The van der Waals surface area contributed by atoms with Gasteiger partial charge < -0.3 is 13.9 Å². The second-order valence-corrected chi connectivity index (χ2v) is 6.68. The van der Waals surface area contributed by atoms with Crippen molar-refractivity contribution in [1.29, 1.82) is 0 Å². The van der Waals surface area contributed by atoms with Gasteiger partial charge in [0.25, 0.3) is 5.91 Å². The van der Waals surface area contributed by atoms with E-state index in [0.717, 1.165) is 30.0 Å². The number of nitrogens with zero attached hydrogens (tertiary/aromatic N) is 4. The minimum atomic E-state index is -0.0690. The fraction of sp³-hybridized carbons (Fsp3) is 0.353. The van der Waals surface area contributed by atoms with Crippen LogP contribution in [0.5, 0.6) is 0 Å². The molecule has 1 saturated heterocycles. The van der Waals surface area contributed by atoms with Crippen molar-refractivity contribution in [3.8, 4) is 0 Å². The van der Waals surface area contributed by atoms with Crippen molar-refractivity contribution < 1.29 is 9.21 Å². The smallest absolute Gasteiger partial charge is 0.289 e. The summed E-state index contributed by atoms with van der Waals surface area (Å²) in [6.07, 6.45) is 2.69. The first-order valence-corrected chi connectivity index (χ1v) is 8.82. The van der Waals surface area contributed by atoms with Crippen LogP contribution in [0.25, 0.3) is 11.2 Å². The number of hydrogen-bond donors (Lipinski definition) is 0. The Hall–Kier alpha value is -2.15. The first-order chi connectivity index (χ1) is 11.7. The number of furan rings is 1. The fourth-order valence-electron chi connectivity index (χ4n) is 3.34. The summed E-state index contributed by atoms with van der Waals surface area (Å²) in [5.41, 5.74) is 1.82. The molecule has 4 rings (SSSR count). The number of hydrogen-bond acceptors (Lipinski definition) is 4. The Bertz CT molecular complexity index is 901. The zero-order valence-corrected chi connectivity index (χ0v) is 14.9. The van der Waals surface area contributed by atoms with Crippen LogP contribution in [0.2, 0.25) is 0 Å². The lowest BCUT2D eigenvalue weighted by Gasteiger charge is -2.15. The molecule has 1 unspecified atom stereocenters. The molecule has 0 saturated carbocycles. The molecule has 4 heterocycles. The number of carbonyl (C=O) groups is 1. The summed E-state index contributed by atoms with van der Waals surface area (Å²) in [6.45, 7) is 4.28. The molecule has 0 aliphatic carbocycles. The summed E-state index contributed by atoms with van der Waals surface area (Å²) < 4.78 is 8.11. The Morgan fingerprint density at radius 1 is 1.42 bits per heavy atom. The molecule has 0 bridgehead atoms. The van der Waals surface area contributed by atoms with E-state index in [4.69, 9.17) is 9.40 Å². The third kappa shape index (κ3) is 2.53. The molecular weight excluding hydrogens is 372 g/mol. The molecule has 1 amide bonds. The van der Waals surface area contributed by atoms with Gasteiger partial charge in [-0.05, 0) is 53.5 Å². The largest absolute Gasteiger partial charge is 0.444 e. The number of likely N-dealkylation sites (tertiary alicyclic amines) is 1. The van der Waals surface area contributed by atoms with Gasteiger partial charge in [0.15, 0.2) is 16.1 Å². The molecule has 0 aromatic carbocycles. The van der Waals surface area contributed by atoms with Crippen molar-refractivity contribution in [3.05, 3.63) is 46.7 Å². The Balaban J connectivity index is 1.60. The Morgan fingerprint density at radius 2 is 2.29 bits per heavy atom. The van der Waals surface area contributed by atoms with Crippen LogP contribution in [-0.2, 0) is 6.54 Å². The van der Waals surface area contributed by atoms with E-state index in [1.807, 2.05) is 17.0 Å². The zero-order valence-electron chi connectivity index (χ0n) is 13.3. The average Bonchev–Trinajstić information content (AvgIpc) is 3.31. The van der Waals surface area contributed by atoms with E-state index in [2.05, 4.69) is 32.4 Å². The van der Waals surface area contributed by atoms with Gasteiger partial charge in [0.1, 0.15) is 11.3 Å². The van der Waals surface area contributed by atoms with Crippen LogP contribution in [-0.4, -0.2) is 38.4 Å². The summed E-state index contributed by atoms with van der Waals surface area (Å²) in [5.74, 6) is 1.54. The lowest BCUT2D eigenvalue weighted by molar-refractivity contribution is 0.0757. The molecule has 1 aliphatic heterocycles. The van der Waals surface area contributed by atoms with Crippen LogP contribution in [0.15, 0.2) is 39.5 Å². The second-order valence-electron chi connectivity index (χ2n) is 5.90. The predicted octanol–water partition coefficient (Wildman–Crippen LogP) is 3.44. The van der Waals surface area contributed by atoms with Crippen molar-refractivity contribution in [2.75, 3.05) is 13.1 Å². The van der Waals surface area contributed by atoms with Crippen molar-refractivity contribution in [2.45, 2.75) is 25.8 Å². The van der Waals surface area contributed by atoms with E-state index >= 15 is 0 Å². The van der Waals surface area contributed by atoms with Gasteiger partial charge >= 0.3 is 0 Å². The SMILES string of the molecule is CCn1c(C2CCN(C(=O)c3ccc(Br)o3)C2)nc2cccnc21. The minimum absolute atomic E-state index is 0.0690. The Labute approximate surface area is 147 Å². The molecule has 124 valence electrons. The highest BCUT2D eigenvalue weighted by atomic mass is 79.9. The van der Waals surface area contributed by atoms with Crippen LogP contribution in [0.1, 0.15) is 35.6 Å². The third-order valence-electron chi connectivity index (χ3n) is 4.47. The van der Waals surface area contributed by atoms with Crippen LogP contribution in [0, 0.1) is 0 Å². The molecule has 0 radical (unpaired) electrons. The molecule has 1 atom stereocenters. The minimum Gasteiger partial charge on any atom is -0.444 e. The molecule has 3 aromatic heterocycles. The topological polar surface area (TPSA) is 64.2 Å². The summed E-state index contributed by atoms with van der Waals surface area (Å²) in [4.78, 5) is 23.6. The van der Waals surface area contributed by atoms with Crippen molar-refractivity contribution in [1.82, 2.24) is 19.4 Å². The molecule has 7 heteroatoms. The Morgan fingerprint density at radius 3 is 3.04 bits per heavy atom. The van der Waals surface area contributed by atoms with Gasteiger partial charge in [-0.15, -0.1) is 0 Å². The number of amides is 1. The lowest BCUT2D eigenvalue weighted by atomic mass is 10.1. The predicted molar refractivity (Wildman–Crippen MR) is 92.9 cm³/mol. The van der Waals surface area contributed by atoms with E-state index in [1.165, 1.54) is 0 Å². The number of rotatable bonds is 3. The highest BCUT2D eigenvalue weighted by Gasteiger charge is 2.32. The highest BCUT2D eigenvalue weighted by molar-refractivity contribution is 9.10. The van der Waals surface area contributed by atoms with Gasteiger partial charge in [0.05, 0.1) is 0 Å². The monoisotopic (exact) mass is 388 g/mol. The molecular formula is C17H17BrN4O2. The molecule has 0 spiro atoms. The maximum absolute atomic E-state index is 12.5. The number of pyridine rings is 1. The molecule has 1 fully saturated rings. The number of fused-ring (bicyclic) bond motifs is 1. The van der Waals surface area contributed by atoms with E-state index in [9.17, 15) is 4.79 Å². The van der Waals surface area contributed by atoms with E-state index < -0.39 is 0 Å². The summed E-state index contributed by atoms with van der Waals surface area (Å²) in [7, 11) is 0. The van der Waals surface area contributed by atoms with Crippen LogP contribution in [0.3, 0.4) is 0 Å². The van der Waals surface area contributed by atoms with Crippen LogP contribution in [0.4, 0.5) is 0 Å². The zero-order chi connectivity index (χ0) is 16.7. The normalized spacial score (nSPS) is 17.8. The van der Waals surface area contributed by atoms with Crippen LogP contribution >= 0.6 is 15.9 Å². The highest BCUT2D eigenvalue weighted by Crippen LogP contribution is 2.30. The van der Waals surface area contributed by atoms with E-state index in [1.54, 1.807) is 18.3 Å². The van der Waals surface area contributed by atoms with Crippen molar-refractivity contribution >= 4 is 33.0 Å². The third-order valence-corrected chi connectivity index (χ3v) is 4.90. The summed E-state index contributed by atoms with van der Waals surface area (Å²) in [6, 6.07) is 7.32. The molecule has 24 heavy (non-hydrogen) atoms. The van der Waals surface area contributed by atoms with Crippen molar-refractivity contribution in [3.63, 3.8) is 0 Å². The van der Waals surface area contributed by atoms with Gasteiger partial charge in [0, 0.05) is 31.7 Å². The maximum Gasteiger partial charge on any atom is 0.289 e. The quantitative estimate of drug-likeness (QED) is 0.689. The molecule has 3 aromatic rings. The maximum atomic E-state index is 12.5. The molecule has 0 N–H and O–H groups in total. The second kappa shape index (κ2) is 6.05. The number of aromatic nitrogens is 3. The number of aryl methyl sites for hydroxylation is 1. The molecule has 1 aliphatic rings. The van der Waals surface area contributed by atoms with Crippen LogP contribution < -0.4 is 0 Å². The van der Waals surface area contributed by atoms with Gasteiger partial charge in [-0.1, -0.05) is 0 Å². The number of halogens is 1. The standard InChI is InChI=1S/C17H17BrN4O2/c1-2-22-15(20-12-4-3-8-19-16(12)22)11-7-9-21(10-11)17(23)13-5-6-14(18)24-13/h3-6,8,11H,2,7,9-10H2,1H3. The first kappa shape index (κ1) is 15.4. The van der Waals surface area contributed by atoms with Gasteiger partial charge in [0.2, 0.25) is 0 Å². The van der Waals surface area contributed by atoms with Gasteiger partial charge in [-0.3, -0.25) is 4.79 Å². The summed E-state index contributed by atoms with van der Waals surface area (Å²) >= 11 is 3.24. The Kier molecular flexibility index (Phi) is 3.88. The van der Waals surface area contributed by atoms with Gasteiger partial charge in [-0.25, -0.2) is 9.97 Å². The molecule has 6 nitrogen and oxygen atoms in total. The summed E-state index contributed by atoms with van der Waals surface area (Å²) in [5, 5.41) is 0. The van der Waals surface area contributed by atoms with E-state index in [0.29, 0.717) is 23.5 Å². The van der Waals surface area contributed by atoms with E-state index in [-0.39, 0.29) is 11.8 Å². The van der Waals surface area contributed by atoms with Gasteiger partial charge in [-0.2, -0.15) is 0 Å².